The predicted octanol–water partition coefficient (Wildman–Crippen LogP) is 1.42. The number of amides is 1. The maximum absolute atomic E-state index is 11.8. The lowest BCUT2D eigenvalue weighted by Crippen LogP contribution is -2.45. The Morgan fingerprint density at radius 3 is 2.75 bits per heavy atom. The molecule has 4 nitrogen and oxygen atoms in total. The summed E-state index contributed by atoms with van der Waals surface area (Å²) >= 11 is 6.29. The molecule has 3 N–H and O–H groups in total. The van der Waals surface area contributed by atoms with Gasteiger partial charge in [-0.3, -0.25) is 4.79 Å². The lowest BCUT2D eigenvalue weighted by Gasteiger charge is -2.25. The Bertz CT molecular complexity index is 387. The molecular weight excluding hydrogens is 242 g/mol. The second kappa shape index (κ2) is 4.88. The van der Waals surface area contributed by atoms with Crippen LogP contribution in [0.15, 0.2) is 11.6 Å². The highest BCUT2D eigenvalue weighted by atomic mass is 32.1. The van der Waals surface area contributed by atoms with E-state index in [-0.39, 0.29) is 10.9 Å². The van der Waals surface area contributed by atoms with Crippen LogP contribution in [0.2, 0.25) is 0 Å². The molecule has 1 unspecified atom stereocenters. The fraction of sp³-hybridized carbons (Fsp3) is 0.500. The van der Waals surface area contributed by atoms with Gasteiger partial charge in [0.25, 0.3) is 0 Å². The van der Waals surface area contributed by atoms with Gasteiger partial charge in [0, 0.05) is 11.6 Å². The van der Waals surface area contributed by atoms with Gasteiger partial charge in [-0.05, 0) is 20.8 Å². The lowest BCUT2D eigenvalue weighted by atomic mass is 10.0. The van der Waals surface area contributed by atoms with Crippen molar-refractivity contribution in [3.63, 3.8) is 0 Å². The van der Waals surface area contributed by atoms with Crippen molar-refractivity contribution in [3.8, 4) is 0 Å². The standard InChI is InChI=1S/C10H15N3OS2/c1-6(7(11)15)8(14)13-10(2,3)9-12-4-5-16-9/h4-6H,1-3H3,(H2,11,15)(H,13,14). The second-order valence-corrected chi connectivity index (χ2v) is 5.44. The topological polar surface area (TPSA) is 68.0 Å². The molecule has 88 valence electrons. The normalized spacial score (nSPS) is 13.2. The van der Waals surface area contributed by atoms with E-state index in [0.29, 0.717) is 0 Å². The zero-order chi connectivity index (χ0) is 12.3. The molecule has 0 aromatic carbocycles. The third-order valence-electron chi connectivity index (χ3n) is 2.22. The van der Waals surface area contributed by atoms with Gasteiger partial charge in [0.1, 0.15) is 5.01 Å². The van der Waals surface area contributed by atoms with Gasteiger partial charge in [-0.15, -0.1) is 11.3 Å². The van der Waals surface area contributed by atoms with Crippen LogP contribution in [0, 0.1) is 5.92 Å². The molecular formula is C10H15N3OS2. The molecule has 6 heteroatoms. The average Bonchev–Trinajstić information content (AvgIpc) is 2.68. The van der Waals surface area contributed by atoms with Gasteiger partial charge in [-0.1, -0.05) is 12.2 Å². The zero-order valence-electron chi connectivity index (χ0n) is 9.48. The summed E-state index contributed by atoms with van der Waals surface area (Å²) < 4.78 is 0. The van der Waals surface area contributed by atoms with Gasteiger partial charge >= 0.3 is 0 Å². The van der Waals surface area contributed by atoms with E-state index in [4.69, 9.17) is 18.0 Å². The van der Waals surface area contributed by atoms with Gasteiger partial charge in [0.05, 0.1) is 16.4 Å². The molecule has 0 bridgehead atoms. The van der Waals surface area contributed by atoms with Gasteiger partial charge in [-0.2, -0.15) is 0 Å². The SMILES string of the molecule is CC(C(=O)NC(C)(C)c1nccs1)C(N)=S. The summed E-state index contributed by atoms with van der Waals surface area (Å²) in [6.07, 6.45) is 1.71. The van der Waals surface area contributed by atoms with E-state index in [1.807, 2.05) is 19.2 Å². The van der Waals surface area contributed by atoms with E-state index in [0.717, 1.165) is 5.01 Å². The molecule has 1 aromatic rings. The van der Waals surface area contributed by atoms with E-state index < -0.39 is 11.5 Å². The highest BCUT2D eigenvalue weighted by Gasteiger charge is 2.28. The number of hydrogen-bond donors (Lipinski definition) is 2. The summed E-state index contributed by atoms with van der Waals surface area (Å²) in [4.78, 5) is 16.2. The zero-order valence-corrected chi connectivity index (χ0v) is 11.1. The number of nitrogens with zero attached hydrogens (tertiary/aromatic N) is 1. The fourth-order valence-corrected chi connectivity index (χ4v) is 1.96. The smallest absolute Gasteiger partial charge is 0.230 e. The molecule has 0 aliphatic carbocycles. The van der Waals surface area contributed by atoms with Crippen LogP contribution in [0.1, 0.15) is 25.8 Å². The van der Waals surface area contributed by atoms with Crippen molar-refractivity contribution in [3.05, 3.63) is 16.6 Å². The van der Waals surface area contributed by atoms with Gasteiger partial charge in [0.2, 0.25) is 5.91 Å². The first-order valence-corrected chi connectivity index (χ1v) is 6.14. The first kappa shape index (κ1) is 13.1. The predicted molar refractivity (Wildman–Crippen MR) is 69.2 cm³/mol. The van der Waals surface area contributed by atoms with E-state index in [9.17, 15) is 4.79 Å². The number of carbonyl (C=O) groups is 1. The van der Waals surface area contributed by atoms with Crippen molar-refractivity contribution in [2.75, 3.05) is 0 Å². The summed E-state index contributed by atoms with van der Waals surface area (Å²) in [5.74, 6) is -0.637. The van der Waals surface area contributed by atoms with Crippen LogP contribution < -0.4 is 11.1 Å². The van der Waals surface area contributed by atoms with Crippen LogP contribution in [0.25, 0.3) is 0 Å². The third kappa shape index (κ3) is 2.99. The molecule has 16 heavy (non-hydrogen) atoms. The number of nitrogens with one attached hydrogen (secondary N) is 1. The van der Waals surface area contributed by atoms with E-state index in [1.54, 1.807) is 13.1 Å². The van der Waals surface area contributed by atoms with Crippen molar-refractivity contribution in [1.82, 2.24) is 10.3 Å². The Morgan fingerprint density at radius 1 is 1.69 bits per heavy atom. The molecule has 0 radical (unpaired) electrons. The van der Waals surface area contributed by atoms with Crippen LogP contribution >= 0.6 is 23.6 Å². The molecule has 0 aliphatic heterocycles. The first-order chi connectivity index (χ1) is 7.34. The van der Waals surface area contributed by atoms with Crippen molar-refractivity contribution in [2.24, 2.45) is 11.7 Å². The van der Waals surface area contributed by atoms with Gasteiger partial charge < -0.3 is 11.1 Å². The Hall–Kier alpha value is -1.01. The molecule has 1 heterocycles. The van der Waals surface area contributed by atoms with Crippen molar-refractivity contribution < 1.29 is 4.79 Å². The van der Waals surface area contributed by atoms with Crippen LogP contribution in [0.4, 0.5) is 0 Å². The largest absolute Gasteiger partial charge is 0.393 e. The highest BCUT2D eigenvalue weighted by Crippen LogP contribution is 2.22. The Labute approximate surface area is 104 Å². The highest BCUT2D eigenvalue weighted by molar-refractivity contribution is 7.80. The number of thiocarbonyl (C=S) groups is 1. The number of rotatable bonds is 4. The minimum atomic E-state index is -0.496. The summed E-state index contributed by atoms with van der Waals surface area (Å²) in [5.41, 5.74) is 4.94. The minimum Gasteiger partial charge on any atom is -0.393 e. The van der Waals surface area contributed by atoms with Crippen LogP contribution in [-0.4, -0.2) is 15.9 Å². The van der Waals surface area contributed by atoms with E-state index in [1.165, 1.54) is 11.3 Å². The molecule has 0 saturated heterocycles. The summed E-state index contributed by atoms with van der Waals surface area (Å²) in [6, 6.07) is 0. The molecule has 0 spiro atoms. The summed E-state index contributed by atoms with van der Waals surface area (Å²) in [5, 5.41) is 5.61. The molecule has 1 amide bonds. The van der Waals surface area contributed by atoms with Gasteiger partial charge in [0.15, 0.2) is 0 Å². The van der Waals surface area contributed by atoms with Crippen LogP contribution in [-0.2, 0) is 10.3 Å². The van der Waals surface area contributed by atoms with Crippen LogP contribution in [0.3, 0.4) is 0 Å². The Balaban J connectivity index is 2.74. The van der Waals surface area contributed by atoms with Crippen molar-refractivity contribution in [2.45, 2.75) is 26.3 Å². The second-order valence-electron chi connectivity index (χ2n) is 4.08. The molecule has 0 saturated carbocycles. The van der Waals surface area contributed by atoms with Crippen molar-refractivity contribution in [1.29, 1.82) is 0 Å². The lowest BCUT2D eigenvalue weighted by molar-refractivity contribution is -0.124. The van der Waals surface area contributed by atoms with E-state index in [2.05, 4.69) is 10.3 Å². The Morgan fingerprint density at radius 2 is 2.31 bits per heavy atom. The maximum atomic E-state index is 11.8. The number of carbonyl (C=O) groups excluding carboxylic acids is 1. The van der Waals surface area contributed by atoms with Crippen molar-refractivity contribution >= 4 is 34.5 Å². The Kier molecular flexibility index (Phi) is 3.98. The summed E-state index contributed by atoms with van der Waals surface area (Å²) in [7, 11) is 0. The summed E-state index contributed by atoms with van der Waals surface area (Å²) in [6.45, 7) is 5.49. The van der Waals surface area contributed by atoms with Crippen LogP contribution in [0.5, 0.6) is 0 Å². The number of thiazole rings is 1. The van der Waals surface area contributed by atoms with E-state index >= 15 is 0 Å². The maximum Gasteiger partial charge on any atom is 0.230 e. The molecule has 1 atom stereocenters. The molecule has 0 aliphatic rings. The number of hydrogen-bond acceptors (Lipinski definition) is 4. The fourth-order valence-electron chi connectivity index (χ4n) is 1.13. The monoisotopic (exact) mass is 257 g/mol. The molecule has 0 fully saturated rings. The quantitative estimate of drug-likeness (QED) is 0.800. The first-order valence-electron chi connectivity index (χ1n) is 4.86. The number of nitrogens with two attached hydrogens (primary N) is 1. The van der Waals surface area contributed by atoms with Gasteiger partial charge in [-0.25, -0.2) is 4.98 Å². The molecule has 1 rings (SSSR count). The number of aromatic nitrogens is 1. The minimum absolute atomic E-state index is 0.173. The molecule has 1 aromatic heterocycles. The average molecular weight is 257 g/mol. The third-order valence-corrected chi connectivity index (χ3v) is 3.67.